The molecule has 1 atom stereocenters. The van der Waals surface area contributed by atoms with E-state index in [-0.39, 0.29) is 12.7 Å². The van der Waals surface area contributed by atoms with Crippen molar-refractivity contribution in [3.63, 3.8) is 0 Å². The van der Waals surface area contributed by atoms with Crippen molar-refractivity contribution >= 4 is 0 Å². The van der Waals surface area contributed by atoms with Gasteiger partial charge in [0.1, 0.15) is 18.1 Å². The normalized spacial score (nSPS) is 19.4. The molecule has 0 bridgehead atoms. The largest absolute Gasteiger partial charge is 0.494 e. The highest BCUT2D eigenvalue weighted by Gasteiger charge is 2.19. The molecule has 1 heterocycles. The van der Waals surface area contributed by atoms with Crippen LogP contribution in [0.15, 0.2) is 24.3 Å². The monoisotopic (exact) mass is 295 g/mol. The average molecular weight is 295 g/mol. The van der Waals surface area contributed by atoms with Gasteiger partial charge in [-0.15, -0.1) is 0 Å². The van der Waals surface area contributed by atoms with Crippen LogP contribution in [0.25, 0.3) is 0 Å². The smallest absolute Gasteiger partial charge is 0.119 e. The van der Waals surface area contributed by atoms with Crippen molar-refractivity contribution in [3.8, 4) is 11.5 Å². The quantitative estimate of drug-likeness (QED) is 0.788. The van der Waals surface area contributed by atoms with E-state index in [0.29, 0.717) is 13.2 Å². The summed E-state index contributed by atoms with van der Waals surface area (Å²) in [5.41, 5.74) is 0. The third kappa shape index (κ3) is 5.53. The van der Waals surface area contributed by atoms with Gasteiger partial charge in [0.15, 0.2) is 0 Å². The van der Waals surface area contributed by atoms with E-state index < -0.39 is 0 Å². The van der Waals surface area contributed by atoms with Gasteiger partial charge >= 0.3 is 0 Å². The van der Waals surface area contributed by atoms with Gasteiger partial charge in [-0.3, -0.25) is 4.90 Å². The van der Waals surface area contributed by atoms with Gasteiger partial charge in [-0.25, -0.2) is 0 Å². The Hall–Kier alpha value is -1.30. The molecule has 1 aromatic carbocycles. The lowest BCUT2D eigenvalue weighted by Gasteiger charge is -2.31. The molecule has 2 rings (SSSR count). The van der Waals surface area contributed by atoms with Gasteiger partial charge in [-0.1, -0.05) is 6.92 Å². The van der Waals surface area contributed by atoms with E-state index in [2.05, 4.69) is 11.8 Å². The summed E-state index contributed by atoms with van der Waals surface area (Å²) in [6.07, 6.45) is 0.945. The first-order valence-electron chi connectivity index (χ1n) is 7.62. The summed E-state index contributed by atoms with van der Waals surface area (Å²) < 4.78 is 16.7. The van der Waals surface area contributed by atoms with E-state index in [4.69, 9.17) is 19.3 Å². The van der Waals surface area contributed by atoms with Crippen LogP contribution in [0.5, 0.6) is 11.5 Å². The standard InChI is InChI=1S/C16H25NO4/c1-2-9-19-14-3-5-15(6-4-14)20-10-7-17-8-11-21-16(12-17)13-18/h3-6,16,18H,2,7-13H2,1H3. The van der Waals surface area contributed by atoms with Gasteiger partial charge in [0.2, 0.25) is 0 Å². The molecule has 5 heteroatoms. The summed E-state index contributed by atoms with van der Waals surface area (Å²) in [6.45, 7) is 6.72. The lowest BCUT2D eigenvalue weighted by atomic mass is 10.3. The van der Waals surface area contributed by atoms with Crippen LogP contribution in [-0.2, 0) is 4.74 Å². The first-order chi connectivity index (χ1) is 10.3. The first kappa shape index (κ1) is 16.1. The third-order valence-electron chi connectivity index (χ3n) is 3.40. The highest BCUT2D eigenvalue weighted by molar-refractivity contribution is 5.31. The molecule has 1 unspecified atom stereocenters. The van der Waals surface area contributed by atoms with Crippen molar-refractivity contribution in [2.24, 2.45) is 0 Å². The maximum absolute atomic E-state index is 9.11. The Balaban J connectivity index is 1.68. The lowest BCUT2D eigenvalue weighted by Crippen LogP contribution is -2.45. The Morgan fingerprint density at radius 2 is 1.86 bits per heavy atom. The minimum atomic E-state index is -0.0613. The molecular weight excluding hydrogens is 270 g/mol. The zero-order valence-corrected chi connectivity index (χ0v) is 12.7. The first-order valence-corrected chi connectivity index (χ1v) is 7.62. The SMILES string of the molecule is CCCOc1ccc(OCCN2CCOC(CO)C2)cc1. The molecule has 0 amide bonds. The lowest BCUT2D eigenvalue weighted by molar-refractivity contribution is -0.0547. The zero-order valence-electron chi connectivity index (χ0n) is 12.7. The van der Waals surface area contributed by atoms with Crippen LogP contribution in [0.2, 0.25) is 0 Å². The number of nitrogens with zero attached hydrogens (tertiary/aromatic N) is 1. The van der Waals surface area contributed by atoms with Crippen LogP contribution >= 0.6 is 0 Å². The van der Waals surface area contributed by atoms with E-state index in [9.17, 15) is 0 Å². The molecule has 1 aliphatic rings. The Morgan fingerprint density at radius 1 is 1.19 bits per heavy atom. The van der Waals surface area contributed by atoms with Crippen molar-refractivity contribution in [3.05, 3.63) is 24.3 Å². The summed E-state index contributed by atoms with van der Waals surface area (Å²) in [7, 11) is 0. The summed E-state index contributed by atoms with van der Waals surface area (Å²) in [4.78, 5) is 2.25. The predicted molar refractivity (Wildman–Crippen MR) is 81.0 cm³/mol. The van der Waals surface area contributed by atoms with Gasteiger partial charge in [0.05, 0.1) is 25.9 Å². The molecule has 0 spiro atoms. The van der Waals surface area contributed by atoms with Crippen LogP contribution in [-0.4, -0.2) is 62.2 Å². The second-order valence-corrected chi connectivity index (χ2v) is 5.14. The molecule has 0 radical (unpaired) electrons. The fourth-order valence-corrected chi connectivity index (χ4v) is 2.24. The molecule has 1 N–H and O–H groups in total. The van der Waals surface area contributed by atoms with Crippen LogP contribution in [0.3, 0.4) is 0 Å². The summed E-state index contributed by atoms with van der Waals surface area (Å²) in [6, 6.07) is 7.73. The Morgan fingerprint density at radius 3 is 2.48 bits per heavy atom. The van der Waals surface area contributed by atoms with E-state index >= 15 is 0 Å². The number of ether oxygens (including phenoxy) is 3. The number of rotatable bonds is 8. The minimum absolute atomic E-state index is 0.0613. The highest BCUT2D eigenvalue weighted by Crippen LogP contribution is 2.17. The summed E-state index contributed by atoms with van der Waals surface area (Å²) in [5.74, 6) is 1.73. The summed E-state index contributed by atoms with van der Waals surface area (Å²) in [5, 5.41) is 9.11. The Kier molecular flexibility index (Phi) is 6.79. The number of hydrogen-bond acceptors (Lipinski definition) is 5. The van der Waals surface area contributed by atoms with Gasteiger partial charge < -0.3 is 19.3 Å². The van der Waals surface area contributed by atoms with Crippen LogP contribution in [0.4, 0.5) is 0 Å². The summed E-state index contributed by atoms with van der Waals surface area (Å²) >= 11 is 0. The number of hydrogen-bond donors (Lipinski definition) is 1. The number of aliphatic hydroxyl groups excluding tert-OH is 1. The Labute approximate surface area is 126 Å². The third-order valence-corrected chi connectivity index (χ3v) is 3.40. The van der Waals surface area contributed by atoms with Crippen molar-refractivity contribution in [1.82, 2.24) is 4.90 Å². The van der Waals surface area contributed by atoms with Gasteiger partial charge in [-0.2, -0.15) is 0 Å². The Bertz CT molecular complexity index is 396. The minimum Gasteiger partial charge on any atom is -0.494 e. The number of morpholine rings is 1. The predicted octanol–water partition coefficient (Wildman–Crippen LogP) is 1.55. The molecule has 1 saturated heterocycles. The molecule has 118 valence electrons. The fraction of sp³-hybridized carbons (Fsp3) is 0.625. The molecule has 1 fully saturated rings. The molecule has 5 nitrogen and oxygen atoms in total. The maximum atomic E-state index is 9.11. The van der Waals surface area contributed by atoms with Gasteiger partial charge in [0.25, 0.3) is 0 Å². The van der Waals surface area contributed by atoms with Gasteiger partial charge in [0, 0.05) is 19.6 Å². The van der Waals surface area contributed by atoms with Gasteiger partial charge in [-0.05, 0) is 30.7 Å². The molecule has 1 aliphatic heterocycles. The van der Waals surface area contributed by atoms with Crippen LogP contribution in [0.1, 0.15) is 13.3 Å². The molecule has 0 aromatic heterocycles. The van der Waals surface area contributed by atoms with E-state index in [1.165, 1.54) is 0 Å². The molecule has 1 aromatic rings. The topological polar surface area (TPSA) is 51.2 Å². The molecule has 0 aliphatic carbocycles. The highest BCUT2D eigenvalue weighted by atomic mass is 16.5. The number of aliphatic hydroxyl groups is 1. The average Bonchev–Trinajstić information content (AvgIpc) is 2.54. The van der Waals surface area contributed by atoms with E-state index in [0.717, 1.165) is 44.2 Å². The second-order valence-electron chi connectivity index (χ2n) is 5.14. The second kappa shape index (κ2) is 8.87. The van der Waals surface area contributed by atoms with E-state index in [1.807, 2.05) is 24.3 Å². The fourth-order valence-electron chi connectivity index (χ4n) is 2.24. The maximum Gasteiger partial charge on any atom is 0.119 e. The number of benzene rings is 1. The molecule has 21 heavy (non-hydrogen) atoms. The van der Waals surface area contributed by atoms with Crippen LogP contribution < -0.4 is 9.47 Å². The van der Waals surface area contributed by atoms with Crippen molar-refractivity contribution in [2.75, 3.05) is 46.1 Å². The van der Waals surface area contributed by atoms with Crippen LogP contribution in [0, 0.1) is 0 Å². The zero-order chi connectivity index (χ0) is 14.9. The van der Waals surface area contributed by atoms with Crippen molar-refractivity contribution < 1.29 is 19.3 Å². The molecular formula is C16H25NO4. The van der Waals surface area contributed by atoms with E-state index in [1.54, 1.807) is 0 Å². The van der Waals surface area contributed by atoms with Crippen molar-refractivity contribution in [1.29, 1.82) is 0 Å². The molecule has 0 saturated carbocycles. The van der Waals surface area contributed by atoms with Crippen molar-refractivity contribution in [2.45, 2.75) is 19.4 Å².